The number of carbonyl (C=O) groups is 1. The normalized spacial score (nSPS) is 13.4. The summed E-state index contributed by atoms with van der Waals surface area (Å²) in [5.41, 5.74) is 2.24. The summed E-state index contributed by atoms with van der Waals surface area (Å²) in [5.74, 6) is 0.00533. The maximum absolute atomic E-state index is 12.4. The molecule has 1 N–H and O–H groups in total. The van der Waals surface area contributed by atoms with Gasteiger partial charge in [-0.2, -0.15) is 0 Å². The molecule has 2 unspecified atom stereocenters. The van der Waals surface area contributed by atoms with Gasteiger partial charge in [-0.15, -0.1) is 0 Å². The summed E-state index contributed by atoms with van der Waals surface area (Å²) in [7, 11) is 0. The fraction of sp³-hybridized carbons (Fsp3) is 0.278. The smallest absolute Gasteiger partial charge is 0.227 e. The first-order valence-corrected chi connectivity index (χ1v) is 8.15. The Labute approximate surface area is 134 Å². The highest BCUT2D eigenvalue weighted by molar-refractivity contribution is 9.09. The number of nitrogens with one attached hydrogen (secondary N) is 1. The Kier molecular flexibility index (Phi) is 6.00. The zero-order valence-electron chi connectivity index (χ0n) is 12.1. The summed E-state index contributed by atoms with van der Waals surface area (Å²) in [4.78, 5) is 12.5. The second-order valence-electron chi connectivity index (χ2n) is 4.99. The SMILES string of the molecule is CCC(C(=O)NCC(Br)c1ccccc1)c1ccccc1. The lowest BCUT2D eigenvalue weighted by molar-refractivity contribution is -0.122. The standard InChI is InChI=1S/C18H20BrNO/c1-2-16(14-9-5-3-6-10-14)18(21)20-13-17(19)15-11-7-4-8-12-15/h3-12,16-17H,2,13H2,1H3,(H,20,21). The second-order valence-corrected chi connectivity index (χ2v) is 6.10. The van der Waals surface area contributed by atoms with Crippen LogP contribution in [-0.4, -0.2) is 12.5 Å². The maximum atomic E-state index is 12.4. The predicted molar refractivity (Wildman–Crippen MR) is 90.6 cm³/mol. The molecule has 2 rings (SSSR count). The van der Waals surface area contributed by atoms with Crippen LogP contribution in [0.2, 0.25) is 0 Å². The van der Waals surface area contributed by atoms with Crippen LogP contribution in [0.3, 0.4) is 0 Å². The van der Waals surface area contributed by atoms with Gasteiger partial charge in [0.05, 0.1) is 10.7 Å². The highest BCUT2D eigenvalue weighted by Crippen LogP contribution is 2.23. The molecular formula is C18H20BrNO. The van der Waals surface area contributed by atoms with Crippen LogP contribution in [0.4, 0.5) is 0 Å². The van der Waals surface area contributed by atoms with Gasteiger partial charge in [0.1, 0.15) is 0 Å². The molecular weight excluding hydrogens is 326 g/mol. The van der Waals surface area contributed by atoms with Crippen LogP contribution in [0, 0.1) is 0 Å². The van der Waals surface area contributed by atoms with E-state index < -0.39 is 0 Å². The largest absolute Gasteiger partial charge is 0.354 e. The first-order chi connectivity index (χ1) is 10.2. The monoisotopic (exact) mass is 345 g/mol. The molecule has 0 radical (unpaired) electrons. The summed E-state index contributed by atoms with van der Waals surface area (Å²) in [6, 6.07) is 20.1. The maximum Gasteiger partial charge on any atom is 0.227 e. The molecule has 110 valence electrons. The fourth-order valence-electron chi connectivity index (χ4n) is 2.35. The molecule has 0 bridgehead atoms. The zero-order valence-corrected chi connectivity index (χ0v) is 13.7. The molecule has 3 heteroatoms. The summed E-state index contributed by atoms with van der Waals surface area (Å²) in [5, 5.41) is 3.04. The minimum absolute atomic E-state index is 0.0818. The van der Waals surface area contributed by atoms with Crippen LogP contribution >= 0.6 is 15.9 Å². The van der Waals surface area contributed by atoms with Crippen LogP contribution in [0.25, 0.3) is 0 Å². The summed E-state index contributed by atoms with van der Waals surface area (Å²) in [6.45, 7) is 2.63. The molecule has 2 aromatic rings. The first kappa shape index (κ1) is 15.8. The van der Waals surface area contributed by atoms with Crippen molar-refractivity contribution in [3.63, 3.8) is 0 Å². The lowest BCUT2D eigenvalue weighted by atomic mass is 9.95. The Morgan fingerprint density at radius 3 is 2.05 bits per heavy atom. The molecule has 0 saturated heterocycles. The van der Waals surface area contributed by atoms with Crippen molar-refractivity contribution >= 4 is 21.8 Å². The van der Waals surface area contributed by atoms with Crippen molar-refractivity contribution < 1.29 is 4.79 Å². The van der Waals surface area contributed by atoms with Crippen molar-refractivity contribution in [3.8, 4) is 0 Å². The Hall–Kier alpha value is -1.61. The highest BCUT2D eigenvalue weighted by Gasteiger charge is 2.19. The molecule has 2 aromatic carbocycles. The van der Waals surface area contributed by atoms with E-state index in [4.69, 9.17) is 0 Å². The molecule has 21 heavy (non-hydrogen) atoms. The Bertz CT molecular complexity index is 556. The number of carbonyl (C=O) groups excluding carboxylic acids is 1. The third-order valence-corrected chi connectivity index (χ3v) is 4.40. The van der Waals surface area contributed by atoms with Gasteiger partial charge >= 0.3 is 0 Å². The van der Waals surface area contributed by atoms with Crippen molar-refractivity contribution in [2.75, 3.05) is 6.54 Å². The van der Waals surface area contributed by atoms with E-state index in [9.17, 15) is 4.79 Å². The van der Waals surface area contributed by atoms with Crippen molar-refractivity contribution in [1.29, 1.82) is 0 Å². The average molecular weight is 346 g/mol. The second kappa shape index (κ2) is 7.99. The van der Waals surface area contributed by atoms with Gasteiger partial charge in [0.25, 0.3) is 0 Å². The number of halogens is 1. The highest BCUT2D eigenvalue weighted by atomic mass is 79.9. The molecule has 0 heterocycles. The number of rotatable bonds is 6. The molecule has 2 nitrogen and oxygen atoms in total. The molecule has 0 saturated carbocycles. The molecule has 0 aromatic heterocycles. The lowest BCUT2D eigenvalue weighted by Gasteiger charge is -2.17. The van der Waals surface area contributed by atoms with Crippen molar-refractivity contribution in [3.05, 3.63) is 71.8 Å². The van der Waals surface area contributed by atoms with E-state index in [1.54, 1.807) is 0 Å². The molecule has 1 amide bonds. The van der Waals surface area contributed by atoms with E-state index in [-0.39, 0.29) is 16.7 Å². The molecule has 0 aliphatic rings. The summed E-state index contributed by atoms with van der Waals surface area (Å²) < 4.78 is 0. The third kappa shape index (κ3) is 4.43. The zero-order chi connectivity index (χ0) is 15.1. The van der Waals surface area contributed by atoms with Gasteiger partial charge in [-0.3, -0.25) is 4.79 Å². The predicted octanol–water partition coefficient (Wildman–Crippen LogP) is 4.43. The number of amides is 1. The van der Waals surface area contributed by atoms with Crippen LogP contribution in [-0.2, 0) is 4.79 Å². The third-order valence-electron chi connectivity index (χ3n) is 3.54. The number of hydrogen-bond acceptors (Lipinski definition) is 1. The van der Waals surface area contributed by atoms with Crippen molar-refractivity contribution in [1.82, 2.24) is 5.32 Å². The molecule has 0 fully saturated rings. The lowest BCUT2D eigenvalue weighted by Crippen LogP contribution is -2.31. The van der Waals surface area contributed by atoms with E-state index in [0.717, 1.165) is 12.0 Å². The quantitative estimate of drug-likeness (QED) is 0.770. The number of hydrogen-bond donors (Lipinski definition) is 1. The fourth-order valence-corrected chi connectivity index (χ4v) is 2.82. The summed E-state index contributed by atoms with van der Waals surface area (Å²) in [6.07, 6.45) is 0.800. The van der Waals surface area contributed by atoms with E-state index in [1.807, 2.05) is 55.5 Å². The Morgan fingerprint density at radius 1 is 1.00 bits per heavy atom. The van der Waals surface area contributed by atoms with E-state index >= 15 is 0 Å². The van der Waals surface area contributed by atoms with E-state index in [2.05, 4.69) is 33.4 Å². The topological polar surface area (TPSA) is 29.1 Å². The minimum Gasteiger partial charge on any atom is -0.354 e. The van der Waals surface area contributed by atoms with Crippen LogP contribution < -0.4 is 5.32 Å². The first-order valence-electron chi connectivity index (χ1n) is 7.24. The molecule has 0 aliphatic carbocycles. The summed E-state index contributed by atoms with van der Waals surface area (Å²) >= 11 is 3.63. The van der Waals surface area contributed by atoms with Gasteiger partial charge in [-0.05, 0) is 17.5 Å². The van der Waals surface area contributed by atoms with E-state index in [1.165, 1.54) is 5.56 Å². The molecule has 0 aliphatic heterocycles. The Morgan fingerprint density at radius 2 is 1.52 bits per heavy atom. The van der Waals surface area contributed by atoms with Gasteiger partial charge in [-0.1, -0.05) is 83.5 Å². The van der Waals surface area contributed by atoms with Gasteiger partial charge in [0, 0.05) is 6.54 Å². The average Bonchev–Trinajstić information content (AvgIpc) is 2.55. The van der Waals surface area contributed by atoms with Gasteiger partial charge < -0.3 is 5.32 Å². The molecule has 2 atom stereocenters. The number of alkyl halides is 1. The van der Waals surface area contributed by atoms with Gasteiger partial charge in [0.2, 0.25) is 5.91 Å². The Balaban J connectivity index is 1.94. The van der Waals surface area contributed by atoms with Crippen LogP contribution in [0.5, 0.6) is 0 Å². The molecule has 0 spiro atoms. The minimum atomic E-state index is -0.0818. The van der Waals surface area contributed by atoms with Crippen molar-refractivity contribution in [2.24, 2.45) is 0 Å². The van der Waals surface area contributed by atoms with Gasteiger partial charge in [0.15, 0.2) is 0 Å². The van der Waals surface area contributed by atoms with Crippen LogP contribution in [0.15, 0.2) is 60.7 Å². The number of benzene rings is 2. The van der Waals surface area contributed by atoms with E-state index in [0.29, 0.717) is 6.54 Å². The van der Waals surface area contributed by atoms with Crippen molar-refractivity contribution in [2.45, 2.75) is 24.1 Å². The van der Waals surface area contributed by atoms with Crippen LogP contribution in [0.1, 0.15) is 35.2 Å². The van der Waals surface area contributed by atoms with Gasteiger partial charge in [-0.25, -0.2) is 0 Å².